The maximum Gasteiger partial charge on any atom is 0.274 e. The zero-order valence-corrected chi connectivity index (χ0v) is 15.9. The van der Waals surface area contributed by atoms with Crippen molar-refractivity contribution in [1.82, 2.24) is 9.97 Å². The number of nitrogens with zero attached hydrogens (tertiary/aromatic N) is 3. The number of methoxy groups -OCH3 is 1. The van der Waals surface area contributed by atoms with E-state index in [0.717, 1.165) is 5.69 Å². The maximum atomic E-state index is 12.7. The predicted octanol–water partition coefficient (Wildman–Crippen LogP) is 4.31. The van der Waals surface area contributed by atoms with Gasteiger partial charge >= 0.3 is 0 Å². The second-order valence-electron chi connectivity index (χ2n) is 5.80. The Morgan fingerprint density at radius 2 is 1.89 bits per heavy atom. The highest BCUT2D eigenvalue weighted by Gasteiger charge is 2.14. The second-order valence-corrected chi connectivity index (χ2v) is 6.23. The Hall–Kier alpha value is -3.63. The largest absolute Gasteiger partial charge is 0.495 e. The fourth-order valence-electron chi connectivity index (χ4n) is 2.49. The molecule has 0 saturated heterocycles. The molecule has 1 amide bonds. The van der Waals surface area contributed by atoms with Crippen molar-refractivity contribution in [3.63, 3.8) is 0 Å². The number of benzene rings is 2. The number of ether oxygens (including phenoxy) is 1. The van der Waals surface area contributed by atoms with Gasteiger partial charge in [0.1, 0.15) is 23.1 Å². The van der Waals surface area contributed by atoms with Gasteiger partial charge in [-0.1, -0.05) is 11.6 Å². The number of halogens is 1. The topological polar surface area (TPSA) is 99.9 Å². The first-order valence-corrected chi connectivity index (χ1v) is 8.64. The van der Waals surface area contributed by atoms with E-state index in [4.69, 9.17) is 21.6 Å². The van der Waals surface area contributed by atoms with E-state index in [0.29, 0.717) is 33.7 Å². The Bertz CT molecular complexity index is 1060. The molecular weight excluding hydrogens is 378 g/mol. The molecule has 0 saturated carbocycles. The molecule has 0 aliphatic rings. The number of aromatic nitrogens is 2. The van der Waals surface area contributed by atoms with Crippen LogP contribution in [0.5, 0.6) is 5.75 Å². The van der Waals surface area contributed by atoms with Gasteiger partial charge < -0.3 is 15.4 Å². The molecule has 2 aromatic carbocycles. The summed E-state index contributed by atoms with van der Waals surface area (Å²) in [7, 11) is 1.51. The number of rotatable bonds is 5. The Morgan fingerprint density at radius 1 is 1.14 bits per heavy atom. The number of nitrogens with one attached hydrogen (secondary N) is 2. The van der Waals surface area contributed by atoms with E-state index < -0.39 is 5.91 Å². The van der Waals surface area contributed by atoms with Crippen LogP contribution in [0.25, 0.3) is 0 Å². The van der Waals surface area contributed by atoms with Crippen molar-refractivity contribution < 1.29 is 9.53 Å². The van der Waals surface area contributed by atoms with Gasteiger partial charge in [0.2, 0.25) is 0 Å². The van der Waals surface area contributed by atoms with Crippen LogP contribution < -0.4 is 15.4 Å². The molecule has 28 heavy (non-hydrogen) atoms. The minimum Gasteiger partial charge on any atom is -0.495 e. The Balaban J connectivity index is 1.83. The molecule has 1 aromatic heterocycles. The van der Waals surface area contributed by atoms with Crippen LogP contribution in [0.2, 0.25) is 5.02 Å². The molecule has 140 valence electrons. The molecule has 1 heterocycles. The smallest absolute Gasteiger partial charge is 0.274 e. The van der Waals surface area contributed by atoms with Crippen LogP contribution in [0, 0.1) is 18.3 Å². The number of hydrogen-bond acceptors (Lipinski definition) is 6. The monoisotopic (exact) mass is 393 g/mol. The Morgan fingerprint density at radius 3 is 2.57 bits per heavy atom. The van der Waals surface area contributed by atoms with E-state index in [2.05, 4.69) is 26.7 Å². The molecule has 3 rings (SSSR count). The van der Waals surface area contributed by atoms with Crippen molar-refractivity contribution in [1.29, 1.82) is 5.26 Å². The summed E-state index contributed by atoms with van der Waals surface area (Å²) in [5.41, 5.74) is 1.92. The lowest BCUT2D eigenvalue weighted by atomic mass is 10.2. The fraction of sp³-hybridized carbons (Fsp3) is 0.100. The van der Waals surface area contributed by atoms with Gasteiger partial charge in [-0.2, -0.15) is 5.26 Å². The summed E-state index contributed by atoms with van der Waals surface area (Å²) in [4.78, 5) is 21.2. The average Bonchev–Trinajstić information content (AvgIpc) is 2.68. The van der Waals surface area contributed by atoms with Crippen LogP contribution in [0.15, 0.2) is 48.5 Å². The fourth-order valence-corrected chi connectivity index (χ4v) is 2.66. The number of carbonyl (C=O) groups is 1. The first kappa shape index (κ1) is 19.1. The molecule has 0 bridgehead atoms. The number of anilines is 3. The number of nitriles is 1. The lowest BCUT2D eigenvalue weighted by Crippen LogP contribution is -2.16. The number of aryl methyl sites for hydroxylation is 1. The van der Waals surface area contributed by atoms with Crippen LogP contribution in [-0.4, -0.2) is 23.0 Å². The lowest BCUT2D eigenvalue weighted by Gasteiger charge is -2.12. The third-order valence-corrected chi connectivity index (χ3v) is 4.00. The van der Waals surface area contributed by atoms with Gasteiger partial charge in [-0.05, 0) is 49.4 Å². The molecule has 0 atom stereocenters. The molecule has 7 nitrogen and oxygen atoms in total. The van der Waals surface area contributed by atoms with Gasteiger partial charge in [0, 0.05) is 16.8 Å². The summed E-state index contributed by atoms with van der Waals surface area (Å²) in [6.45, 7) is 1.70. The molecule has 8 heteroatoms. The number of carbonyl (C=O) groups excluding carboxylic acids is 1. The van der Waals surface area contributed by atoms with Crippen molar-refractivity contribution in [3.8, 4) is 11.8 Å². The van der Waals surface area contributed by atoms with Gasteiger partial charge in [0.15, 0.2) is 0 Å². The molecule has 2 N–H and O–H groups in total. The van der Waals surface area contributed by atoms with Gasteiger partial charge in [-0.15, -0.1) is 0 Å². The summed E-state index contributed by atoms with van der Waals surface area (Å²) in [6, 6.07) is 15.4. The molecule has 0 aliphatic heterocycles. The second kappa shape index (κ2) is 8.37. The SMILES string of the molecule is COc1ccc(Cl)cc1NC(=O)c1cc(Nc2ccc(C#N)cc2)nc(C)n1. The summed E-state index contributed by atoms with van der Waals surface area (Å²) < 4.78 is 5.24. The summed E-state index contributed by atoms with van der Waals surface area (Å²) in [5, 5.41) is 15.2. The third kappa shape index (κ3) is 4.55. The van der Waals surface area contributed by atoms with E-state index in [1.54, 1.807) is 49.4 Å². The molecular formula is C20H16ClN5O2. The number of hydrogen-bond donors (Lipinski definition) is 2. The lowest BCUT2D eigenvalue weighted by molar-refractivity contribution is 0.102. The van der Waals surface area contributed by atoms with Crippen molar-refractivity contribution in [2.75, 3.05) is 17.7 Å². The predicted molar refractivity (Wildman–Crippen MR) is 107 cm³/mol. The van der Waals surface area contributed by atoms with Crippen molar-refractivity contribution in [3.05, 3.63) is 70.6 Å². The third-order valence-electron chi connectivity index (χ3n) is 3.77. The van der Waals surface area contributed by atoms with Gasteiger partial charge in [-0.25, -0.2) is 9.97 Å². The number of amides is 1. The van der Waals surface area contributed by atoms with E-state index in [-0.39, 0.29) is 5.69 Å². The normalized spacial score (nSPS) is 10.1. The summed E-state index contributed by atoms with van der Waals surface area (Å²) in [5.74, 6) is 0.954. The summed E-state index contributed by atoms with van der Waals surface area (Å²) >= 11 is 6.00. The highest BCUT2D eigenvalue weighted by molar-refractivity contribution is 6.31. The van der Waals surface area contributed by atoms with Crippen LogP contribution in [0.3, 0.4) is 0 Å². The van der Waals surface area contributed by atoms with Gasteiger partial charge in [-0.3, -0.25) is 4.79 Å². The zero-order valence-electron chi connectivity index (χ0n) is 15.2. The molecule has 0 spiro atoms. The average molecular weight is 394 g/mol. The van der Waals surface area contributed by atoms with E-state index >= 15 is 0 Å². The first-order chi connectivity index (χ1) is 13.5. The molecule has 3 aromatic rings. The van der Waals surface area contributed by atoms with Gasteiger partial charge in [0.05, 0.1) is 24.4 Å². The van der Waals surface area contributed by atoms with Crippen molar-refractivity contribution >= 4 is 34.7 Å². The standard InChI is InChI=1S/C20H16ClN5O2/c1-12-23-17(20(27)26-16-9-14(21)5-8-18(16)28-2)10-19(24-12)25-15-6-3-13(11-22)4-7-15/h3-10H,1-2H3,(H,26,27)(H,23,24,25). The maximum absolute atomic E-state index is 12.7. The van der Waals surface area contributed by atoms with Crippen LogP contribution in [-0.2, 0) is 0 Å². The first-order valence-electron chi connectivity index (χ1n) is 8.26. The minimum absolute atomic E-state index is 0.186. The van der Waals surface area contributed by atoms with E-state index in [1.165, 1.54) is 13.2 Å². The van der Waals surface area contributed by atoms with Crippen LogP contribution in [0.1, 0.15) is 21.9 Å². The van der Waals surface area contributed by atoms with E-state index in [1.807, 2.05) is 0 Å². The molecule has 0 unspecified atom stereocenters. The van der Waals surface area contributed by atoms with Crippen molar-refractivity contribution in [2.45, 2.75) is 6.92 Å². The van der Waals surface area contributed by atoms with Crippen LogP contribution >= 0.6 is 11.6 Å². The van der Waals surface area contributed by atoms with Crippen LogP contribution in [0.4, 0.5) is 17.2 Å². The summed E-state index contributed by atoms with van der Waals surface area (Å²) in [6.07, 6.45) is 0. The minimum atomic E-state index is -0.422. The molecule has 0 fully saturated rings. The highest BCUT2D eigenvalue weighted by atomic mass is 35.5. The van der Waals surface area contributed by atoms with Crippen molar-refractivity contribution in [2.24, 2.45) is 0 Å². The van der Waals surface area contributed by atoms with Gasteiger partial charge in [0.25, 0.3) is 5.91 Å². The Labute approximate surface area is 167 Å². The molecule has 0 aliphatic carbocycles. The van der Waals surface area contributed by atoms with E-state index in [9.17, 15) is 4.79 Å². The quantitative estimate of drug-likeness (QED) is 0.669. The Kier molecular flexibility index (Phi) is 5.72. The zero-order chi connectivity index (χ0) is 20.1. The highest BCUT2D eigenvalue weighted by Crippen LogP contribution is 2.28. The molecule has 0 radical (unpaired) electrons.